The smallest absolute Gasteiger partial charge is 0.372 e. The van der Waals surface area contributed by atoms with E-state index in [1.54, 1.807) is 4.57 Å². The molecule has 3 rings (SSSR count). The van der Waals surface area contributed by atoms with Gasteiger partial charge in [0.25, 0.3) is 0 Å². The van der Waals surface area contributed by atoms with Crippen molar-refractivity contribution in [2.75, 3.05) is 0 Å². The van der Waals surface area contributed by atoms with Crippen molar-refractivity contribution in [3.05, 3.63) is 65.5 Å². The van der Waals surface area contributed by atoms with Crippen molar-refractivity contribution >= 4 is 17.0 Å². The lowest BCUT2D eigenvalue weighted by molar-refractivity contribution is 0.0679. The van der Waals surface area contributed by atoms with Crippen LogP contribution in [0.4, 0.5) is 0 Å². The fraction of sp³-hybridized carbons (Fsp3) is 0.125. The summed E-state index contributed by atoms with van der Waals surface area (Å²) in [6.07, 6.45) is 0. The molecule has 0 bridgehead atoms. The molecule has 0 saturated heterocycles. The molecule has 3 aromatic rings. The van der Waals surface area contributed by atoms with Gasteiger partial charge in [-0.2, -0.15) is 0 Å². The zero-order valence-corrected chi connectivity index (χ0v) is 11.4. The number of benzene rings is 2. The molecule has 0 aliphatic heterocycles. The van der Waals surface area contributed by atoms with Gasteiger partial charge < -0.3 is 15.4 Å². The molecular formula is C16H15N3O2. The van der Waals surface area contributed by atoms with Crippen molar-refractivity contribution in [3.63, 3.8) is 0 Å². The Morgan fingerprint density at radius 1 is 1.14 bits per heavy atom. The first-order valence-electron chi connectivity index (χ1n) is 6.65. The van der Waals surface area contributed by atoms with E-state index in [-0.39, 0.29) is 5.82 Å². The van der Waals surface area contributed by atoms with Crippen molar-refractivity contribution in [3.8, 4) is 0 Å². The summed E-state index contributed by atoms with van der Waals surface area (Å²) in [5, 5.41) is 9.36. The molecule has 0 aliphatic rings. The number of carboxylic acid groups (broad SMARTS) is 1. The van der Waals surface area contributed by atoms with Gasteiger partial charge in [-0.1, -0.05) is 36.4 Å². The molecule has 0 amide bonds. The first-order chi connectivity index (χ1) is 10.2. The molecule has 1 heterocycles. The number of aromatic carboxylic acids is 1. The first-order valence-corrected chi connectivity index (χ1v) is 6.65. The predicted octanol–water partition coefficient (Wildman–Crippen LogP) is 2.24. The van der Waals surface area contributed by atoms with Crippen LogP contribution >= 0.6 is 0 Å². The topological polar surface area (TPSA) is 81.1 Å². The van der Waals surface area contributed by atoms with Crippen LogP contribution in [0.25, 0.3) is 11.0 Å². The molecule has 0 atom stereocenters. The second-order valence-corrected chi connectivity index (χ2v) is 4.84. The van der Waals surface area contributed by atoms with Gasteiger partial charge in [-0.05, 0) is 23.3 Å². The zero-order valence-electron chi connectivity index (χ0n) is 11.4. The predicted molar refractivity (Wildman–Crippen MR) is 80.1 cm³/mol. The average Bonchev–Trinajstić information content (AvgIpc) is 2.86. The van der Waals surface area contributed by atoms with Crippen molar-refractivity contribution < 1.29 is 9.90 Å². The second kappa shape index (κ2) is 5.38. The van der Waals surface area contributed by atoms with Crippen molar-refractivity contribution in [2.45, 2.75) is 13.1 Å². The summed E-state index contributed by atoms with van der Waals surface area (Å²) in [5.41, 5.74) is 9.10. The first kappa shape index (κ1) is 13.3. The number of aromatic nitrogens is 2. The molecule has 5 heteroatoms. The molecule has 0 saturated carbocycles. The highest BCUT2D eigenvalue weighted by Gasteiger charge is 2.17. The Balaban J connectivity index is 2.17. The summed E-state index contributed by atoms with van der Waals surface area (Å²) in [4.78, 5) is 15.6. The van der Waals surface area contributed by atoms with Crippen LogP contribution in [0, 0.1) is 0 Å². The summed E-state index contributed by atoms with van der Waals surface area (Å²) in [5.74, 6) is -0.987. The molecule has 3 N–H and O–H groups in total. The lowest BCUT2D eigenvalue weighted by Crippen LogP contribution is -2.10. The van der Waals surface area contributed by atoms with E-state index in [9.17, 15) is 9.90 Å². The quantitative estimate of drug-likeness (QED) is 0.768. The number of nitrogens with zero attached hydrogens (tertiary/aromatic N) is 2. The largest absolute Gasteiger partial charge is 0.475 e. The molecule has 0 aliphatic carbocycles. The Kier molecular flexibility index (Phi) is 3.41. The summed E-state index contributed by atoms with van der Waals surface area (Å²) in [6, 6.07) is 15.3. The number of fused-ring (bicyclic) bond motifs is 1. The minimum atomic E-state index is -1.03. The third-order valence-corrected chi connectivity index (χ3v) is 3.42. The van der Waals surface area contributed by atoms with E-state index in [4.69, 9.17) is 5.73 Å². The fourth-order valence-electron chi connectivity index (χ4n) is 2.38. The molecule has 0 unspecified atom stereocenters. The molecule has 106 valence electrons. The van der Waals surface area contributed by atoms with Gasteiger partial charge in [0.2, 0.25) is 5.82 Å². The maximum absolute atomic E-state index is 11.4. The third kappa shape index (κ3) is 2.51. The molecule has 2 aromatic carbocycles. The highest BCUT2D eigenvalue weighted by molar-refractivity contribution is 5.90. The molecule has 5 nitrogen and oxygen atoms in total. The van der Waals surface area contributed by atoms with E-state index in [0.29, 0.717) is 18.6 Å². The zero-order chi connectivity index (χ0) is 14.8. The van der Waals surface area contributed by atoms with E-state index in [1.165, 1.54) is 0 Å². The number of imidazole rings is 1. The minimum Gasteiger partial charge on any atom is -0.475 e. The van der Waals surface area contributed by atoms with Crippen LogP contribution in [0.2, 0.25) is 0 Å². The summed E-state index contributed by atoms with van der Waals surface area (Å²) in [7, 11) is 0. The summed E-state index contributed by atoms with van der Waals surface area (Å²) < 4.78 is 1.71. The third-order valence-electron chi connectivity index (χ3n) is 3.42. The van der Waals surface area contributed by atoms with Gasteiger partial charge in [0, 0.05) is 13.1 Å². The number of carbonyl (C=O) groups is 1. The molecule has 21 heavy (non-hydrogen) atoms. The Bertz CT molecular complexity index is 794. The van der Waals surface area contributed by atoms with Gasteiger partial charge >= 0.3 is 5.97 Å². The van der Waals surface area contributed by atoms with Gasteiger partial charge in [0.05, 0.1) is 11.0 Å². The van der Waals surface area contributed by atoms with Crippen LogP contribution in [-0.2, 0) is 13.1 Å². The van der Waals surface area contributed by atoms with Crippen molar-refractivity contribution in [2.24, 2.45) is 5.73 Å². The lowest BCUT2D eigenvalue weighted by Gasteiger charge is -2.07. The Hall–Kier alpha value is -2.66. The second-order valence-electron chi connectivity index (χ2n) is 4.84. The van der Waals surface area contributed by atoms with Crippen LogP contribution < -0.4 is 5.73 Å². The normalized spacial score (nSPS) is 10.9. The van der Waals surface area contributed by atoms with E-state index in [1.807, 2.05) is 48.5 Å². The minimum absolute atomic E-state index is 0.0445. The number of nitrogens with two attached hydrogens (primary N) is 1. The number of hydrogen-bond donors (Lipinski definition) is 2. The van der Waals surface area contributed by atoms with E-state index < -0.39 is 5.97 Å². The molecule has 0 spiro atoms. The highest BCUT2D eigenvalue weighted by atomic mass is 16.4. The van der Waals surface area contributed by atoms with E-state index in [2.05, 4.69) is 4.98 Å². The van der Waals surface area contributed by atoms with Crippen LogP contribution in [0.1, 0.15) is 21.7 Å². The van der Waals surface area contributed by atoms with Gasteiger partial charge in [-0.15, -0.1) is 0 Å². The Morgan fingerprint density at radius 2 is 1.90 bits per heavy atom. The standard InChI is InChI=1S/C16H15N3O2/c17-9-12-6-7-13-14(8-12)19(15(18-13)16(20)21)10-11-4-2-1-3-5-11/h1-8H,9-10,17H2,(H,20,21). The fourth-order valence-corrected chi connectivity index (χ4v) is 2.38. The van der Waals surface area contributed by atoms with E-state index >= 15 is 0 Å². The number of hydrogen-bond acceptors (Lipinski definition) is 3. The molecule has 1 aromatic heterocycles. The Morgan fingerprint density at radius 3 is 2.57 bits per heavy atom. The maximum atomic E-state index is 11.4. The highest BCUT2D eigenvalue weighted by Crippen LogP contribution is 2.20. The van der Waals surface area contributed by atoms with Crippen molar-refractivity contribution in [1.29, 1.82) is 0 Å². The molecular weight excluding hydrogens is 266 g/mol. The maximum Gasteiger partial charge on any atom is 0.372 e. The molecule has 0 fully saturated rings. The average molecular weight is 281 g/mol. The summed E-state index contributed by atoms with van der Waals surface area (Å²) in [6.45, 7) is 0.877. The SMILES string of the molecule is NCc1ccc2nc(C(=O)O)n(Cc3ccccc3)c2c1. The van der Waals surface area contributed by atoms with Gasteiger partial charge in [0.1, 0.15) is 0 Å². The lowest BCUT2D eigenvalue weighted by atomic mass is 10.2. The van der Waals surface area contributed by atoms with Crippen molar-refractivity contribution in [1.82, 2.24) is 9.55 Å². The van der Waals surface area contributed by atoms with Gasteiger partial charge in [-0.3, -0.25) is 0 Å². The monoisotopic (exact) mass is 281 g/mol. The van der Waals surface area contributed by atoms with Gasteiger partial charge in [0.15, 0.2) is 0 Å². The van der Waals surface area contributed by atoms with Crippen LogP contribution in [0.15, 0.2) is 48.5 Å². The van der Waals surface area contributed by atoms with Crippen LogP contribution in [0.3, 0.4) is 0 Å². The van der Waals surface area contributed by atoms with Crippen LogP contribution in [0.5, 0.6) is 0 Å². The summed E-state index contributed by atoms with van der Waals surface area (Å²) >= 11 is 0. The number of rotatable bonds is 4. The molecule has 0 radical (unpaired) electrons. The van der Waals surface area contributed by atoms with Crippen LogP contribution in [-0.4, -0.2) is 20.6 Å². The van der Waals surface area contributed by atoms with Gasteiger partial charge in [-0.25, -0.2) is 9.78 Å². The van der Waals surface area contributed by atoms with E-state index in [0.717, 1.165) is 16.6 Å². The Labute approximate surface area is 121 Å². The number of carboxylic acids is 1.